The maximum Gasteiger partial charge on any atom is 0.121 e. The minimum Gasteiger partial charge on any atom is -0.494 e. The molecule has 0 saturated heterocycles. The van der Waals surface area contributed by atoms with Gasteiger partial charge in [-0.05, 0) is 49.2 Å². The van der Waals surface area contributed by atoms with Crippen molar-refractivity contribution in [2.75, 3.05) is 25.5 Å². The lowest BCUT2D eigenvalue weighted by Crippen LogP contribution is -2.27. The van der Waals surface area contributed by atoms with Crippen LogP contribution in [0.3, 0.4) is 0 Å². The molecule has 0 amide bonds. The van der Waals surface area contributed by atoms with Crippen molar-refractivity contribution >= 4 is 23.0 Å². The van der Waals surface area contributed by atoms with E-state index in [-0.39, 0.29) is 0 Å². The van der Waals surface area contributed by atoms with Crippen molar-refractivity contribution in [1.29, 1.82) is 0 Å². The van der Waals surface area contributed by atoms with Gasteiger partial charge in [-0.3, -0.25) is 0 Å². The second-order valence-corrected chi connectivity index (χ2v) is 6.45. The summed E-state index contributed by atoms with van der Waals surface area (Å²) in [5.74, 6) is 0.850. The number of anilines is 2. The van der Waals surface area contributed by atoms with E-state index in [4.69, 9.17) is 16.3 Å². The molecular weight excluding hydrogens is 308 g/mol. The van der Waals surface area contributed by atoms with Gasteiger partial charge in [0.15, 0.2) is 0 Å². The molecule has 0 spiro atoms. The van der Waals surface area contributed by atoms with E-state index in [1.165, 1.54) is 11.1 Å². The summed E-state index contributed by atoms with van der Waals surface area (Å²) in [6.45, 7) is 4.90. The predicted molar refractivity (Wildman–Crippen MR) is 97.0 cm³/mol. The fourth-order valence-electron chi connectivity index (χ4n) is 2.92. The molecule has 0 unspecified atom stereocenters. The zero-order chi connectivity index (χ0) is 16.2. The summed E-state index contributed by atoms with van der Waals surface area (Å²) in [5.41, 5.74) is 4.82. The van der Waals surface area contributed by atoms with Crippen LogP contribution in [0.15, 0.2) is 36.4 Å². The molecule has 0 radical (unpaired) electrons. The van der Waals surface area contributed by atoms with Crippen molar-refractivity contribution in [3.05, 3.63) is 52.5 Å². The number of likely N-dealkylation sites (N-methyl/N-ethyl adjacent to an activating group) is 1. The number of fused-ring (bicyclic) bond motifs is 1. The second kappa shape index (κ2) is 7.24. The van der Waals surface area contributed by atoms with Crippen molar-refractivity contribution in [3.8, 4) is 5.75 Å². The van der Waals surface area contributed by atoms with E-state index < -0.39 is 0 Å². The second-order valence-electron chi connectivity index (χ2n) is 6.05. The minimum absolute atomic E-state index is 0.708. The zero-order valence-electron chi connectivity index (χ0n) is 13.7. The van der Waals surface area contributed by atoms with Crippen LogP contribution in [0.2, 0.25) is 5.02 Å². The van der Waals surface area contributed by atoms with Crippen molar-refractivity contribution in [3.63, 3.8) is 0 Å². The number of rotatable bonds is 5. The van der Waals surface area contributed by atoms with Crippen LogP contribution in [0.25, 0.3) is 0 Å². The number of ether oxygens (including phenoxy) is 1. The van der Waals surface area contributed by atoms with Gasteiger partial charge in [-0.15, -0.1) is 0 Å². The van der Waals surface area contributed by atoms with Crippen LogP contribution in [0.4, 0.5) is 11.4 Å². The van der Waals surface area contributed by atoms with Crippen molar-refractivity contribution in [2.24, 2.45) is 0 Å². The molecule has 1 aliphatic heterocycles. The molecule has 3 rings (SSSR count). The van der Waals surface area contributed by atoms with Crippen LogP contribution < -0.4 is 10.1 Å². The summed E-state index contributed by atoms with van der Waals surface area (Å²) in [6.07, 6.45) is 2.05. The van der Waals surface area contributed by atoms with Gasteiger partial charge in [0.2, 0.25) is 0 Å². The molecule has 4 heteroatoms. The lowest BCUT2D eigenvalue weighted by Gasteiger charge is -2.27. The molecule has 0 atom stereocenters. The first kappa shape index (κ1) is 16.2. The Hall–Kier alpha value is -1.71. The van der Waals surface area contributed by atoms with Gasteiger partial charge in [0, 0.05) is 24.8 Å². The van der Waals surface area contributed by atoms with Crippen LogP contribution in [0.5, 0.6) is 5.75 Å². The van der Waals surface area contributed by atoms with Crippen LogP contribution in [-0.2, 0) is 13.0 Å². The van der Waals surface area contributed by atoms with E-state index in [0.29, 0.717) is 11.6 Å². The average Bonchev–Trinajstić information content (AvgIpc) is 2.55. The molecule has 2 aromatic carbocycles. The Balaban J connectivity index is 1.86. The number of benzene rings is 2. The Kier molecular flexibility index (Phi) is 5.09. The van der Waals surface area contributed by atoms with E-state index in [0.717, 1.165) is 43.1 Å². The third kappa shape index (κ3) is 3.80. The van der Waals surface area contributed by atoms with Crippen LogP contribution in [-0.4, -0.2) is 25.1 Å². The van der Waals surface area contributed by atoms with Crippen molar-refractivity contribution < 1.29 is 4.74 Å². The van der Waals surface area contributed by atoms with Crippen molar-refractivity contribution in [2.45, 2.75) is 26.3 Å². The highest BCUT2D eigenvalue weighted by molar-refractivity contribution is 6.33. The van der Waals surface area contributed by atoms with Gasteiger partial charge in [-0.2, -0.15) is 0 Å². The van der Waals surface area contributed by atoms with Crippen LogP contribution in [0.1, 0.15) is 24.5 Å². The third-order valence-electron chi connectivity index (χ3n) is 4.14. The van der Waals surface area contributed by atoms with E-state index >= 15 is 0 Å². The fourth-order valence-corrected chi connectivity index (χ4v) is 3.09. The van der Waals surface area contributed by atoms with Crippen molar-refractivity contribution in [1.82, 2.24) is 4.90 Å². The summed E-state index contributed by atoms with van der Waals surface area (Å²) in [6, 6.07) is 12.2. The first-order valence-electron chi connectivity index (χ1n) is 8.16. The summed E-state index contributed by atoms with van der Waals surface area (Å²) in [5, 5.41) is 4.21. The van der Waals surface area contributed by atoms with Gasteiger partial charge >= 0.3 is 0 Å². The average molecular weight is 331 g/mol. The Bertz CT molecular complexity index is 687. The molecule has 0 aromatic heterocycles. The van der Waals surface area contributed by atoms with Crippen LogP contribution in [0, 0.1) is 0 Å². The first-order valence-corrected chi connectivity index (χ1v) is 8.54. The molecule has 1 N–H and O–H groups in total. The molecule has 2 aromatic rings. The summed E-state index contributed by atoms with van der Waals surface area (Å²) in [4.78, 5) is 2.35. The van der Waals surface area contributed by atoms with E-state index in [1.54, 1.807) is 0 Å². The normalized spacial score (nSPS) is 14.4. The topological polar surface area (TPSA) is 24.5 Å². The van der Waals surface area contributed by atoms with Gasteiger partial charge in [0.1, 0.15) is 5.75 Å². The molecule has 3 nitrogen and oxygen atoms in total. The first-order chi connectivity index (χ1) is 11.2. The van der Waals surface area contributed by atoms with Gasteiger partial charge in [-0.25, -0.2) is 0 Å². The molecule has 1 aliphatic rings. The number of nitrogens with zero attached hydrogens (tertiary/aromatic N) is 1. The summed E-state index contributed by atoms with van der Waals surface area (Å²) >= 11 is 6.36. The van der Waals surface area contributed by atoms with E-state index in [1.807, 2.05) is 18.2 Å². The monoisotopic (exact) mass is 330 g/mol. The smallest absolute Gasteiger partial charge is 0.121 e. The molecule has 0 aliphatic carbocycles. The Morgan fingerprint density at radius 3 is 2.91 bits per heavy atom. The summed E-state index contributed by atoms with van der Waals surface area (Å²) in [7, 11) is 2.16. The highest BCUT2D eigenvalue weighted by atomic mass is 35.5. The molecular formula is C19H23ClN2O. The zero-order valence-corrected chi connectivity index (χ0v) is 14.5. The Morgan fingerprint density at radius 2 is 2.09 bits per heavy atom. The molecule has 0 fully saturated rings. The van der Waals surface area contributed by atoms with Gasteiger partial charge in [0.25, 0.3) is 0 Å². The number of nitrogens with one attached hydrogen (secondary N) is 1. The van der Waals surface area contributed by atoms with E-state index in [9.17, 15) is 0 Å². The van der Waals surface area contributed by atoms with E-state index in [2.05, 4.69) is 42.4 Å². The summed E-state index contributed by atoms with van der Waals surface area (Å²) < 4.78 is 5.71. The number of halogens is 1. The highest BCUT2D eigenvalue weighted by Crippen LogP contribution is 2.33. The van der Waals surface area contributed by atoms with Gasteiger partial charge in [0.05, 0.1) is 17.3 Å². The predicted octanol–water partition coefficient (Wildman–Crippen LogP) is 4.86. The lowest BCUT2D eigenvalue weighted by atomic mass is 9.98. The van der Waals surface area contributed by atoms with Gasteiger partial charge in [-0.1, -0.05) is 30.7 Å². The minimum atomic E-state index is 0.708. The number of hydrogen-bond acceptors (Lipinski definition) is 3. The maximum absolute atomic E-state index is 6.36. The molecule has 1 heterocycles. The molecule has 122 valence electrons. The van der Waals surface area contributed by atoms with Gasteiger partial charge < -0.3 is 15.0 Å². The maximum atomic E-state index is 6.36. The van der Waals surface area contributed by atoms with Crippen LogP contribution >= 0.6 is 11.6 Å². The number of hydrogen-bond donors (Lipinski definition) is 1. The fraction of sp³-hybridized carbons (Fsp3) is 0.368. The highest BCUT2D eigenvalue weighted by Gasteiger charge is 2.16. The largest absolute Gasteiger partial charge is 0.494 e. The standard InChI is InChI=1S/C19H23ClN2O/c1-3-11-23-15-7-8-17(20)19(12-15)21-18-6-4-5-14-13-22(2)10-9-16(14)18/h4-8,12,21H,3,9-11,13H2,1-2H3. The quantitative estimate of drug-likeness (QED) is 0.847. The third-order valence-corrected chi connectivity index (χ3v) is 4.47. The molecule has 23 heavy (non-hydrogen) atoms. The molecule has 0 bridgehead atoms. The Morgan fingerprint density at radius 1 is 1.22 bits per heavy atom. The molecule has 0 saturated carbocycles. The Labute approximate surface area is 143 Å². The SMILES string of the molecule is CCCOc1ccc(Cl)c(Nc2cccc3c2CCN(C)C3)c1. The lowest BCUT2D eigenvalue weighted by molar-refractivity contribution is 0.313.